The van der Waals surface area contributed by atoms with E-state index >= 15 is 0 Å². The molecule has 0 unspecified atom stereocenters. The number of hydrogen-bond acceptors (Lipinski definition) is 5. The average Bonchev–Trinajstić information content (AvgIpc) is 3.32. The number of thiophene rings is 1. The first kappa shape index (κ1) is 18.6. The number of rotatable bonds is 5. The molecule has 0 spiro atoms. The molecule has 3 aromatic rings. The SMILES string of the molecule is Cc1cc(C)c2sc(N(CC[NH+]3CCOCC3)C(=O)c3cccs3)nc2c1. The number of carbonyl (C=O) groups is 1. The van der Waals surface area contributed by atoms with Gasteiger partial charge in [0.05, 0.1) is 41.4 Å². The Morgan fingerprint density at radius 2 is 2.11 bits per heavy atom. The summed E-state index contributed by atoms with van der Waals surface area (Å²) in [7, 11) is 0. The Hall–Kier alpha value is -1.80. The van der Waals surface area contributed by atoms with Crippen molar-refractivity contribution in [3.8, 4) is 0 Å². The minimum atomic E-state index is 0.0473. The maximum absolute atomic E-state index is 13.2. The molecule has 0 saturated carbocycles. The highest BCUT2D eigenvalue weighted by Gasteiger charge is 2.25. The van der Waals surface area contributed by atoms with Crippen LogP contribution in [0, 0.1) is 13.8 Å². The maximum atomic E-state index is 13.2. The van der Waals surface area contributed by atoms with Gasteiger partial charge in [0.25, 0.3) is 5.91 Å². The summed E-state index contributed by atoms with van der Waals surface area (Å²) < 4.78 is 6.62. The monoisotopic (exact) mass is 402 g/mol. The Morgan fingerprint density at radius 3 is 2.85 bits per heavy atom. The molecule has 0 radical (unpaired) electrons. The van der Waals surface area contributed by atoms with Gasteiger partial charge in [-0.3, -0.25) is 9.69 Å². The van der Waals surface area contributed by atoms with Crippen molar-refractivity contribution < 1.29 is 14.4 Å². The van der Waals surface area contributed by atoms with Crippen molar-refractivity contribution in [3.05, 3.63) is 45.6 Å². The Balaban J connectivity index is 1.64. The molecule has 1 aliphatic rings. The van der Waals surface area contributed by atoms with Crippen LogP contribution in [0.4, 0.5) is 5.13 Å². The van der Waals surface area contributed by atoms with Gasteiger partial charge >= 0.3 is 0 Å². The number of ether oxygens (including phenoxy) is 1. The van der Waals surface area contributed by atoms with E-state index < -0.39 is 0 Å². The number of thiazole rings is 1. The Morgan fingerprint density at radius 1 is 1.30 bits per heavy atom. The average molecular weight is 403 g/mol. The minimum absolute atomic E-state index is 0.0473. The van der Waals surface area contributed by atoms with Crippen LogP contribution in [0.3, 0.4) is 0 Å². The molecule has 1 amide bonds. The molecule has 0 aliphatic carbocycles. The van der Waals surface area contributed by atoms with E-state index in [2.05, 4.69) is 26.0 Å². The summed E-state index contributed by atoms with van der Waals surface area (Å²) in [5.41, 5.74) is 3.40. The summed E-state index contributed by atoms with van der Waals surface area (Å²) in [6.07, 6.45) is 0. The van der Waals surface area contributed by atoms with Crippen LogP contribution >= 0.6 is 22.7 Å². The second-order valence-electron chi connectivity index (χ2n) is 6.97. The fraction of sp³-hybridized carbons (Fsp3) is 0.400. The van der Waals surface area contributed by atoms with Gasteiger partial charge in [-0.2, -0.15) is 0 Å². The summed E-state index contributed by atoms with van der Waals surface area (Å²) in [5.74, 6) is 0.0473. The van der Waals surface area contributed by atoms with E-state index in [1.54, 1.807) is 11.3 Å². The Labute approximate surface area is 167 Å². The summed E-state index contributed by atoms with van der Waals surface area (Å²) in [5, 5.41) is 2.74. The first-order valence-corrected chi connectivity index (χ1v) is 11.0. The van der Waals surface area contributed by atoms with Crippen LogP contribution in [-0.2, 0) is 4.74 Å². The zero-order valence-corrected chi connectivity index (χ0v) is 17.3. The minimum Gasteiger partial charge on any atom is -0.370 e. The maximum Gasteiger partial charge on any atom is 0.270 e. The second kappa shape index (κ2) is 8.06. The van der Waals surface area contributed by atoms with Crippen molar-refractivity contribution in [2.45, 2.75) is 13.8 Å². The predicted octanol–water partition coefficient (Wildman–Crippen LogP) is 2.54. The van der Waals surface area contributed by atoms with Gasteiger partial charge in [0.1, 0.15) is 13.1 Å². The molecule has 0 bridgehead atoms. The summed E-state index contributed by atoms with van der Waals surface area (Å²) in [6, 6.07) is 8.09. The normalized spacial score (nSPS) is 15.3. The van der Waals surface area contributed by atoms with E-state index in [9.17, 15) is 4.79 Å². The highest BCUT2D eigenvalue weighted by atomic mass is 32.1. The van der Waals surface area contributed by atoms with Crippen molar-refractivity contribution in [2.24, 2.45) is 0 Å². The highest BCUT2D eigenvalue weighted by molar-refractivity contribution is 7.22. The van der Waals surface area contributed by atoms with Crippen LogP contribution in [0.25, 0.3) is 10.2 Å². The largest absolute Gasteiger partial charge is 0.370 e. The lowest BCUT2D eigenvalue weighted by Crippen LogP contribution is -3.14. The highest BCUT2D eigenvalue weighted by Crippen LogP contribution is 2.33. The van der Waals surface area contributed by atoms with Gasteiger partial charge in [0.2, 0.25) is 0 Å². The quantitative estimate of drug-likeness (QED) is 0.713. The van der Waals surface area contributed by atoms with E-state index in [1.807, 2.05) is 22.4 Å². The van der Waals surface area contributed by atoms with Crippen molar-refractivity contribution in [3.63, 3.8) is 0 Å². The molecule has 7 heteroatoms. The van der Waals surface area contributed by atoms with Crippen LogP contribution in [0.5, 0.6) is 0 Å². The third kappa shape index (κ3) is 4.06. The molecule has 1 saturated heterocycles. The van der Waals surface area contributed by atoms with E-state index in [0.717, 1.165) is 48.4 Å². The number of benzene rings is 1. The number of aromatic nitrogens is 1. The van der Waals surface area contributed by atoms with Crippen molar-refractivity contribution in [1.82, 2.24) is 4.98 Å². The van der Waals surface area contributed by atoms with Crippen LogP contribution < -0.4 is 9.80 Å². The third-order valence-electron chi connectivity index (χ3n) is 4.91. The molecule has 0 atom stereocenters. The number of nitrogens with one attached hydrogen (secondary N) is 1. The zero-order valence-electron chi connectivity index (χ0n) is 15.7. The lowest BCUT2D eigenvalue weighted by Gasteiger charge is -2.26. The molecule has 4 rings (SSSR count). The van der Waals surface area contributed by atoms with Crippen LogP contribution in [-0.4, -0.2) is 50.3 Å². The lowest BCUT2D eigenvalue weighted by atomic mass is 10.1. The van der Waals surface area contributed by atoms with Gasteiger partial charge in [0, 0.05) is 0 Å². The lowest BCUT2D eigenvalue weighted by molar-refractivity contribution is -0.906. The second-order valence-corrected chi connectivity index (χ2v) is 8.90. The van der Waals surface area contributed by atoms with Crippen LogP contribution in [0.2, 0.25) is 0 Å². The summed E-state index contributed by atoms with van der Waals surface area (Å²) in [6.45, 7) is 9.38. The Kier molecular flexibility index (Phi) is 5.54. The number of fused-ring (bicyclic) bond motifs is 1. The molecule has 142 valence electrons. The number of nitrogens with zero attached hydrogens (tertiary/aromatic N) is 2. The fourth-order valence-electron chi connectivity index (χ4n) is 3.48. The fourth-order valence-corrected chi connectivity index (χ4v) is 5.19. The number of carbonyl (C=O) groups excluding carboxylic acids is 1. The van der Waals surface area contributed by atoms with Gasteiger partial charge < -0.3 is 9.64 Å². The molecule has 1 aromatic carbocycles. The topological polar surface area (TPSA) is 46.9 Å². The van der Waals surface area contributed by atoms with Gasteiger partial charge in [-0.1, -0.05) is 23.5 Å². The summed E-state index contributed by atoms with van der Waals surface area (Å²) >= 11 is 3.10. The van der Waals surface area contributed by atoms with E-state index in [0.29, 0.717) is 6.54 Å². The van der Waals surface area contributed by atoms with Crippen molar-refractivity contribution >= 4 is 43.9 Å². The molecule has 5 nitrogen and oxygen atoms in total. The number of quaternary nitrogens is 1. The van der Waals surface area contributed by atoms with Crippen molar-refractivity contribution in [1.29, 1.82) is 0 Å². The molecule has 3 heterocycles. The van der Waals surface area contributed by atoms with Gasteiger partial charge in [-0.05, 0) is 42.5 Å². The molecular formula is C20H24N3O2S2+. The van der Waals surface area contributed by atoms with E-state index in [-0.39, 0.29) is 5.91 Å². The van der Waals surface area contributed by atoms with Gasteiger partial charge in [-0.15, -0.1) is 11.3 Å². The standard InChI is InChI=1S/C20H23N3O2S2/c1-14-12-15(2)18-16(13-14)21-20(27-18)23(19(24)17-4-3-11-26-17)6-5-22-7-9-25-10-8-22/h3-4,11-13H,5-10H2,1-2H3/p+1. The zero-order chi connectivity index (χ0) is 18.8. The van der Waals surface area contributed by atoms with E-state index in [1.165, 1.54) is 32.1 Å². The number of amides is 1. The first-order valence-electron chi connectivity index (χ1n) is 9.26. The first-order chi connectivity index (χ1) is 13.1. The predicted molar refractivity (Wildman–Crippen MR) is 111 cm³/mol. The van der Waals surface area contributed by atoms with Crippen LogP contribution in [0.1, 0.15) is 20.8 Å². The number of anilines is 1. The Bertz CT molecular complexity index is 930. The van der Waals surface area contributed by atoms with Gasteiger partial charge in [-0.25, -0.2) is 4.98 Å². The molecular weight excluding hydrogens is 378 g/mol. The molecule has 1 aliphatic heterocycles. The number of aryl methyl sites for hydroxylation is 2. The molecule has 2 aromatic heterocycles. The molecule has 1 fully saturated rings. The van der Waals surface area contributed by atoms with Crippen LogP contribution in [0.15, 0.2) is 29.6 Å². The summed E-state index contributed by atoms with van der Waals surface area (Å²) in [4.78, 5) is 22.1. The molecule has 27 heavy (non-hydrogen) atoms. The van der Waals surface area contributed by atoms with Crippen molar-refractivity contribution in [2.75, 3.05) is 44.3 Å². The molecule has 1 N–H and O–H groups in total. The smallest absolute Gasteiger partial charge is 0.270 e. The van der Waals surface area contributed by atoms with E-state index in [4.69, 9.17) is 9.72 Å². The van der Waals surface area contributed by atoms with Gasteiger partial charge in [0.15, 0.2) is 5.13 Å². The number of hydrogen-bond donors (Lipinski definition) is 1. The third-order valence-corrected chi connectivity index (χ3v) is 6.99. The number of morpholine rings is 1.